The number of aliphatic imine (C=N–C) groups is 3. The Balaban J connectivity index is -0.0000000477. The Morgan fingerprint density at radius 1 is 0.376 bits per heavy atom. The normalized spacial score (nSPS) is 8.52. The second kappa shape index (κ2) is 113. The molecule has 0 aromatic rings. The van der Waals surface area contributed by atoms with Crippen LogP contribution in [0.3, 0.4) is 0 Å². The number of nitrogens with one attached hydrogen (secondary N) is 2. The van der Waals surface area contributed by atoms with Crippen molar-refractivity contribution < 1.29 is 71.6 Å². The number of methoxy groups -OCH3 is 6. The van der Waals surface area contributed by atoms with Crippen LogP contribution in [0.25, 0.3) is 0 Å². The third kappa shape index (κ3) is 233. The van der Waals surface area contributed by atoms with Crippen molar-refractivity contribution in [2.24, 2.45) is 32.2 Å². The lowest BCUT2D eigenvalue weighted by molar-refractivity contribution is -0.141. The SMILES string of the molecule is CCC(=O)C(C)=O.CCC(=O)CC.CCC(=O)OC.CCC(=O)OC.CCC(=S)OC.CCC(=S)OC.CCC(C)=O.CCC(C)=O.CCC(C)=S.CCCC.CCCC.CN=C(N)NC.CN=C(N)NC(N)=NC.COC(C)=O.COC(C)=O. The van der Waals surface area contributed by atoms with Gasteiger partial charge in [0.15, 0.2) is 39.5 Å². The average Bonchev–Trinajstić information content (AvgIpc) is 3.52. The molecule has 8 N–H and O–H groups in total. The molecule has 85 heavy (non-hydrogen) atoms. The number of nitrogens with zero attached hydrogens (tertiary/aromatic N) is 3. The third-order valence-corrected chi connectivity index (χ3v) is 9.07. The monoisotopic (exact) mass is 1280 g/mol. The van der Waals surface area contributed by atoms with Crippen LogP contribution in [0.1, 0.15) is 228 Å². The summed E-state index contributed by atoms with van der Waals surface area (Å²) in [4.78, 5) is 101. The van der Waals surface area contributed by atoms with Crippen LogP contribution in [0.4, 0.5) is 0 Å². The number of ether oxygens (including phenoxy) is 6. The van der Waals surface area contributed by atoms with Crippen LogP contribution in [0.15, 0.2) is 15.0 Å². The van der Waals surface area contributed by atoms with Gasteiger partial charge in [0, 0.05) is 107 Å². The highest BCUT2D eigenvalue weighted by Gasteiger charge is 2.01. The molecule has 0 heterocycles. The van der Waals surface area contributed by atoms with Crippen LogP contribution < -0.4 is 27.8 Å². The highest BCUT2D eigenvalue weighted by molar-refractivity contribution is 7.80. The molecule has 0 aliphatic rings. The Morgan fingerprint density at radius 3 is 0.635 bits per heavy atom. The smallest absolute Gasteiger partial charge is 0.305 e. The average molecular weight is 1280 g/mol. The van der Waals surface area contributed by atoms with E-state index in [-0.39, 0.29) is 58.9 Å². The molecule has 510 valence electrons. The summed E-state index contributed by atoms with van der Waals surface area (Å²) >= 11 is 14.0. The summed E-state index contributed by atoms with van der Waals surface area (Å²) in [5.74, 6) is 0.402. The lowest BCUT2D eigenvalue weighted by Gasteiger charge is -2.00. The van der Waals surface area contributed by atoms with Gasteiger partial charge in [-0.25, -0.2) is 0 Å². The van der Waals surface area contributed by atoms with Crippen molar-refractivity contribution in [2.45, 2.75) is 228 Å². The van der Waals surface area contributed by atoms with E-state index in [9.17, 15) is 43.2 Å². The molecule has 0 fully saturated rings. The Hall–Kier alpha value is -5.89. The van der Waals surface area contributed by atoms with E-state index in [4.69, 9.17) is 29.4 Å². The Bertz CT molecular complexity index is 1440. The molecular formula is C59H126N8O15S3. The first-order valence-electron chi connectivity index (χ1n) is 27.9. The van der Waals surface area contributed by atoms with E-state index in [0.717, 1.165) is 24.1 Å². The van der Waals surface area contributed by atoms with Gasteiger partial charge in [-0.15, -0.1) is 0 Å². The molecule has 0 amide bonds. The van der Waals surface area contributed by atoms with Gasteiger partial charge in [-0.05, 0) is 56.5 Å². The summed E-state index contributed by atoms with van der Waals surface area (Å²) < 4.78 is 26.0. The van der Waals surface area contributed by atoms with Crippen molar-refractivity contribution in [3.8, 4) is 0 Å². The number of ketones is 5. The van der Waals surface area contributed by atoms with Gasteiger partial charge >= 0.3 is 23.9 Å². The largest absolute Gasteiger partial charge is 0.490 e. The van der Waals surface area contributed by atoms with Crippen LogP contribution in [-0.2, 0) is 71.6 Å². The van der Waals surface area contributed by atoms with Crippen LogP contribution >= 0.6 is 36.7 Å². The molecule has 0 bridgehead atoms. The highest BCUT2D eigenvalue weighted by Crippen LogP contribution is 1.85. The third-order valence-electron chi connectivity index (χ3n) is 7.87. The predicted molar refractivity (Wildman–Crippen MR) is 368 cm³/mol. The zero-order valence-electron chi connectivity index (χ0n) is 58.8. The summed E-state index contributed by atoms with van der Waals surface area (Å²) in [5, 5.41) is 6.53. The minimum atomic E-state index is -0.345. The fourth-order valence-corrected chi connectivity index (χ4v) is 1.43. The number of nitrogens with two attached hydrogens (primary N) is 3. The van der Waals surface area contributed by atoms with E-state index in [1.54, 1.807) is 77.0 Å². The van der Waals surface area contributed by atoms with Gasteiger partial charge in [0.25, 0.3) is 0 Å². The standard InChI is InChI=1S/C5H8O2.C5H10O.C4H11N5.2C4H8O2.2C4H8OS.2C4H8O.C4H8S.2C4H10.C3H9N3.2C3H6O2/c1-3-5(7)4(2)6;1-3-5(6)4-2;1-7-3(5)9-4(6)8-2;2*1-3-4(5)6-2;2*1-3-4(6)5-2;3*1-3-4(2)5;2*1-3-4-2;1-5-3(4)6-2;2*1-3(4)5-2/h3H2,1-2H3;3-4H2,1-2H3;1-2H3,(H5,5,6,7,8,9);4*3H2,1-2H3;3*3H2,1-2H3;2*3-4H2,1-2H3;1-2H3,(H3,4,5,6);2*1-2H3. The molecule has 0 aromatic carbocycles. The summed E-state index contributed by atoms with van der Waals surface area (Å²) in [6.45, 7) is 36.5. The molecule has 0 unspecified atom stereocenters. The van der Waals surface area contributed by atoms with Crippen molar-refractivity contribution in [3.05, 3.63) is 0 Å². The van der Waals surface area contributed by atoms with Crippen molar-refractivity contribution in [3.63, 3.8) is 0 Å². The minimum Gasteiger partial charge on any atom is -0.490 e. The van der Waals surface area contributed by atoms with Crippen molar-refractivity contribution in [1.82, 2.24) is 10.6 Å². The van der Waals surface area contributed by atoms with Gasteiger partial charge < -0.3 is 60.5 Å². The highest BCUT2D eigenvalue weighted by atomic mass is 32.1. The van der Waals surface area contributed by atoms with E-state index in [1.807, 2.05) is 48.5 Å². The first-order chi connectivity index (χ1) is 39.4. The Kier molecular flexibility index (Phi) is 156. The van der Waals surface area contributed by atoms with E-state index in [1.165, 1.54) is 74.9 Å². The molecule has 0 spiro atoms. The summed E-state index contributed by atoms with van der Waals surface area (Å²) in [5.41, 5.74) is 15.6. The molecule has 0 saturated heterocycles. The van der Waals surface area contributed by atoms with Gasteiger partial charge in [0.05, 0.1) is 42.7 Å². The maximum atomic E-state index is 10.2. The summed E-state index contributed by atoms with van der Waals surface area (Å²) in [6, 6.07) is 0. The fraction of sp³-hybridized carbons (Fsp3) is 0.746. The molecule has 26 heteroatoms. The quantitative estimate of drug-likeness (QED) is 0.0286. The number of carbonyl (C=O) groups is 9. The first kappa shape index (κ1) is 117. The molecule has 0 aliphatic heterocycles. The lowest BCUT2D eigenvalue weighted by atomic mass is 10.2. The number of hydrogen-bond donors (Lipinski definition) is 5. The number of unbranched alkanes of at least 4 members (excludes halogenated alkanes) is 2. The number of rotatable bonds is 13. The van der Waals surface area contributed by atoms with Gasteiger partial charge in [-0.3, -0.25) is 53.9 Å². The molecular weight excluding hydrogens is 1160 g/mol. The molecule has 0 radical (unpaired) electrons. The molecule has 0 atom stereocenters. The van der Waals surface area contributed by atoms with E-state index >= 15 is 0 Å². The lowest BCUT2D eigenvalue weighted by Crippen LogP contribution is -2.41. The van der Waals surface area contributed by atoms with Gasteiger partial charge in [0.1, 0.15) is 17.3 Å². The molecule has 0 saturated carbocycles. The predicted octanol–water partition coefficient (Wildman–Crippen LogP) is 11.2. The van der Waals surface area contributed by atoms with E-state index in [0.29, 0.717) is 66.8 Å². The number of thiocarbonyl (C=S) groups is 3. The van der Waals surface area contributed by atoms with Gasteiger partial charge in [-0.1, -0.05) is 135 Å². The number of guanidine groups is 3. The maximum Gasteiger partial charge on any atom is 0.305 e. The van der Waals surface area contributed by atoms with Crippen LogP contribution in [0.5, 0.6) is 0 Å². The number of esters is 4. The van der Waals surface area contributed by atoms with E-state index < -0.39 is 0 Å². The minimum absolute atomic E-state index is 0.157. The van der Waals surface area contributed by atoms with Gasteiger partial charge in [0.2, 0.25) is 0 Å². The first-order valence-corrected chi connectivity index (χ1v) is 29.2. The summed E-state index contributed by atoms with van der Waals surface area (Å²) in [7, 11) is 15.1. The molecule has 23 nitrogen and oxygen atoms in total. The molecule has 0 aromatic heterocycles. The zero-order chi connectivity index (χ0) is 71.3. The fourth-order valence-electron chi connectivity index (χ4n) is 1.43. The number of Topliss-reactive ketones (excluding diaryl/α,β-unsaturated/α-hetero) is 5. The van der Waals surface area contributed by atoms with Gasteiger partial charge in [-0.2, -0.15) is 0 Å². The van der Waals surface area contributed by atoms with Crippen LogP contribution in [0, 0.1) is 0 Å². The second-order valence-electron chi connectivity index (χ2n) is 15.1. The molecule has 0 rings (SSSR count). The van der Waals surface area contributed by atoms with Crippen molar-refractivity contribution in [2.75, 3.05) is 70.8 Å². The maximum absolute atomic E-state index is 10.2. The summed E-state index contributed by atoms with van der Waals surface area (Å²) in [6.07, 6.45) is 12.0. The number of hydrogen-bond acceptors (Lipinski definition) is 21. The van der Waals surface area contributed by atoms with Crippen LogP contribution in [-0.4, -0.2) is 156 Å². The molecule has 0 aliphatic carbocycles. The second-order valence-corrected chi connectivity index (χ2v) is 16.7. The van der Waals surface area contributed by atoms with Crippen LogP contribution in [0.2, 0.25) is 0 Å². The number of carbonyl (C=O) groups excluding carboxylic acids is 9. The Morgan fingerprint density at radius 2 is 0.612 bits per heavy atom. The Labute approximate surface area is 533 Å². The van der Waals surface area contributed by atoms with E-state index in [2.05, 4.69) is 113 Å². The zero-order valence-corrected chi connectivity index (χ0v) is 61.3. The van der Waals surface area contributed by atoms with Crippen molar-refractivity contribution >= 4 is 122 Å². The van der Waals surface area contributed by atoms with Crippen molar-refractivity contribution in [1.29, 1.82) is 0 Å². The topological polar surface area (TPSA) is 348 Å².